The number of nitrogens with zero attached hydrogens (tertiary/aromatic N) is 3. The third kappa shape index (κ3) is 5.08. The molecule has 0 amide bonds. The largest absolute Gasteiger partial charge is 0.416 e. The zero-order valence-corrected chi connectivity index (χ0v) is 17.0. The Kier molecular flexibility index (Phi) is 6.06. The highest BCUT2D eigenvalue weighted by Crippen LogP contribution is 2.32. The number of hydrogen-bond donors (Lipinski definition) is 0. The Morgan fingerprint density at radius 3 is 2.59 bits per heavy atom. The summed E-state index contributed by atoms with van der Waals surface area (Å²) in [4.78, 5) is 8.78. The summed E-state index contributed by atoms with van der Waals surface area (Å²) < 4.78 is 40.0. The van der Waals surface area contributed by atoms with Crippen molar-refractivity contribution >= 4 is 27.2 Å². The van der Waals surface area contributed by atoms with Gasteiger partial charge in [-0.1, -0.05) is 12.1 Å². The van der Waals surface area contributed by atoms with Gasteiger partial charge in [-0.05, 0) is 61.7 Å². The summed E-state index contributed by atoms with van der Waals surface area (Å²) in [6.07, 6.45) is -0.956. The summed E-state index contributed by atoms with van der Waals surface area (Å²) in [6, 6.07) is 12.1. The van der Waals surface area contributed by atoms with Crippen molar-refractivity contribution in [2.24, 2.45) is 0 Å². The van der Waals surface area contributed by atoms with Gasteiger partial charge >= 0.3 is 6.18 Å². The maximum atomic E-state index is 12.9. The van der Waals surface area contributed by atoms with Crippen LogP contribution >= 0.6 is 11.3 Å². The molecule has 1 aromatic heterocycles. The number of fused-ring (bicyclic) bond motifs is 1. The monoisotopic (exact) mass is 419 g/mol. The molecule has 2 aromatic carbocycles. The van der Waals surface area contributed by atoms with Crippen molar-refractivity contribution in [3.63, 3.8) is 0 Å². The van der Waals surface area contributed by atoms with Crippen molar-refractivity contribution in [3.05, 3.63) is 59.1 Å². The molecule has 3 aromatic rings. The van der Waals surface area contributed by atoms with Crippen molar-refractivity contribution in [1.82, 2.24) is 9.88 Å². The van der Waals surface area contributed by atoms with Crippen LogP contribution in [0.5, 0.6) is 0 Å². The van der Waals surface area contributed by atoms with Gasteiger partial charge in [0.05, 0.1) is 21.3 Å². The standard InChI is InChI=1S/C22H24F3N3S/c23-22(24,25)18-5-3-6-19(15-18)28-12-10-27(11-13-28)9-2-1-4-17-7-8-20-21(14-17)29-16-26-20/h3,5-8,14-16H,1-2,4,9-13H2. The first kappa shape index (κ1) is 20.2. The minimum Gasteiger partial charge on any atom is -0.369 e. The summed E-state index contributed by atoms with van der Waals surface area (Å²) in [7, 11) is 0. The fourth-order valence-electron chi connectivity index (χ4n) is 3.83. The molecule has 29 heavy (non-hydrogen) atoms. The second-order valence-electron chi connectivity index (χ2n) is 7.49. The van der Waals surface area contributed by atoms with E-state index in [1.54, 1.807) is 17.4 Å². The Morgan fingerprint density at radius 1 is 0.966 bits per heavy atom. The number of thiazole rings is 1. The van der Waals surface area contributed by atoms with E-state index in [0.29, 0.717) is 5.69 Å². The van der Waals surface area contributed by atoms with Gasteiger partial charge in [0.25, 0.3) is 0 Å². The third-order valence-corrected chi connectivity index (χ3v) is 6.29. The van der Waals surface area contributed by atoms with E-state index in [1.165, 1.54) is 22.4 Å². The van der Waals surface area contributed by atoms with Crippen molar-refractivity contribution in [2.75, 3.05) is 37.6 Å². The zero-order valence-electron chi connectivity index (χ0n) is 16.2. The molecule has 2 heterocycles. The van der Waals surface area contributed by atoms with Gasteiger partial charge in [-0.15, -0.1) is 11.3 Å². The van der Waals surface area contributed by atoms with E-state index in [0.717, 1.165) is 63.6 Å². The minimum atomic E-state index is -4.29. The predicted octanol–water partition coefficient (Wildman–Crippen LogP) is 5.46. The number of rotatable bonds is 6. The Bertz CT molecular complexity index is 946. The summed E-state index contributed by atoms with van der Waals surface area (Å²) in [5.41, 5.74) is 4.40. The van der Waals surface area contributed by atoms with Crippen LogP contribution in [0, 0.1) is 0 Å². The highest BCUT2D eigenvalue weighted by molar-refractivity contribution is 7.16. The fraction of sp³-hybridized carbons (Fsp3) is 0.409. The number of benzene rings is 2. The lowest BCUT2D eigenvalue weighted by Crippen LogP contribution is -2.46. The maximum Gasteiger partial charge on any atom is 0.416 e. The summed E-state index contributed by atoms with van der Waals surface area (Å²) in [5.74, 6) is 0. The van der Waals surface area contributed by atoms with Crippen molar-refractivity contribution < 1.29 is 13.2 Å². The first-order valence-corrected chi connectivity index (χ1v) is 10.8. The van der Waals surface area contributed by atoms with E-state index in [2.05, 4.69) is 33.0 Å². The summed E-state index contributed by atoms with van der Waals surface area (Å²) in [5, 5.41) is 0. The molecule has 1 saturated heterocycles. The number of anilines is 1. The Balaban J connectivity index is 1.21. The van der Waals surface area contributed by atoms with Crippen LogP contribution in [-0.2, 0) is 12.6 Å². The number of piperazine rings is 1. The number of hydrogen-bond acceptors (Lipinski definition) is 4. The molecular weight excluding hydrogens is 395 g/mol. The van der Waals surface area contributed by atoms with Crippen LogP contribution in [0.25, 0.3) is 10.2 Å². The number of alkyl halides is 3. The van der Waals surface area contributed by atoms with Crippen LogP contribution in [0.2, 0.25) is 0 Å². The molecule has 1 fully saturated rings. The molecule has 7 heteroatoms. The fourth-order valence-corrected chi connectivity index (χ4v) is 4.57. The molecule has 0 unspecified atom stereocenters. The average Bonchev–Trinajstić information content (AvgIpc) is 3.19. The van der Waals surface area contributed by atoms with Gasteiger partial charge in [0, 0.05) is 31.9 Å². The number of aromatic nitrogens is 1. The molecule has 1 aliphatic rings. The minimum absolute atomic E-state index is 0.575. The third-order valence-electron chi connectivity index (χ3n) is 5.50. The number of halogens is 3. The second-order valence-corrected chi connectivity index (χ2v) is 8.37. The van der Waals surface area contributed by atoms with Gasteiger partial charge in [0.2, 0.25) is 0 Å². The smallest absolute Gasteiger partial charge is 0.369 e. The molecular formula is C22H24F3N3S. The van der Waals surface area contributed by atoms with Gasteiger partial charge in [-0.3, -0.25) is 4.90 Å². The topological polar surface area (TPSA) is 19.4 Å². The molecule has 0 atom stereocenters. The lowest BCUT2D eigenvalue weighted by molar-refractivity contribution is -0.137. The van der Waals surface area contributed by atoms with Crippen LogP contribution in [0.1, 0.15) is 24.0 Å². The first-order valence-electron chi connectivity index (χ1n) is 9.96. The zero-order chi connectivity index (χ0) is 20.3. The molecule has 0 aliphatic carbocycles. The number of unbranched alkanes of at least 4 members (excludes halogenated alkanes) is 1. The summed E-state index contributed by atoms with van der Waals surface area (Å²) in [6.45, 7) is 4.36. The SMILES string of the molecule is FC(F)(F)c1cccc(N2CCN(CCCCc3ccc4ncsc4c3)CC2)c1. The van der Waals surface area contributed by atoms with Crippen LogP contribution < -0.4 is 4.90 Å². The van der Waals surface area contributed by atoms with Gasteiger partial charge in [-0.2, -0.15) is 13.2 Å². The molecule has 0 saturated carbocycles. The van der Waals surface area contributed by atoms with Gasteiger partial charge in [-0.25, -0.2) is 4.98 Å². The molecule has 0 radical (unpaired) electrons. The maximum absolute atomic E-state index is 12.9. The van der Waals surface area contributed by atoms with Gasteiger partial charge in [0.15, 0.2) is 0 Å². The molecule has 4 rings (SSSR count). The van der Waals surface area contributed by atoms with Crippen molar-refractivity contribution in [1.29, 1.82) is 0 Å². The predicted molar refractivity (Wildman–Crippen MR) is 113 cm³/mol. The highest BCUT2D eigenvalue weighted by atomic mass is 32.1. The van der Waals surface area contributed by atoms with E-state index >= 15 is 0 Å². The van der Waals surface area contributed by atoms with Crippen LogP contribution in [-0.4, -0.2) is 42.6 Å². The molecule has 1 aliphatic heterocycles. The van der Waals surface area contributed by atoms with Crippen LogP contribution in [0.15, 0.2) is 48.0 Å². The van der Waals surface area contributed by atoms with E-state index in [4.69, 9.17) is 0 Å². The van der Waals surface area contributed by atoms with E-state index in [9.17, 15) is 13.2 Å². The number of aryl methyl sites for hydroxylation is 1. The Hall–Kier alpha value is -2.12. The van der Waals surface area contributed by atoms with Crippen LogP contribution in [0.4, 0.5) is 18.9 Å². The Labute approximate surface area is 172 Å². The van der Waals surface area contributed by atoms with E-state index in [-0.39, 0.29) is 0 Å². The lowest BCUT2D eigenvalue weighted by Gasteiger charge is -2.36. The molecule has 0 spiro atoms. The van der Waals surface area contributed by atoms with E-state index < -0.39 is 11.7 Å². The highest BCUT2D eigenvalue weighted by Gasteiger charge is 2.31. The molecule has 0 N–H and O–H groups in total. The normalized spacial score (nSPS) is 15.9. The average molecular weight is 420 g/mol. The second kappa shape index (κ2) is 8.71. The van der Waals surface area contributed by atoms with Crippen molar-refractivity contribution in [3.8, 4) is 0 Å². The first-order chi connectivity index (χ1) is 14.0. The quantitative estimate of drug-likeness (QED) is 0.495. The Morgan fingerprint density at radius 2 is 1.79 bits per heavy atom. The van der Waals surface area contributed by atoms with Crippen molar-refractivity contribution in [2.45, 2.75) is 25.4 Å². The van der Waals surface area contributed by atoms with Gasteiger partial charge < -0.3 is 4.90 Å². The summed E-state index contributed by atoms with van der Waals surface area (Å²) >= 11 is 1.68. The van der Waals surface area contributed by atoms with Gasteiger partial charge in [0.1, 0.15) is 0 Å². The molecule has 3 nitrogen and oxygen atoms in total. The van der Waals surface area contributed by atoms with Crippen LogP contribution in [0.3, 0.4) is 0 Å². The molecule has 154 valence electrons. The lowest BCUT2D eigenvalue weighted by atomic mass is 10.1. The molecule has 0 bridgehead atoms. The van der Waals surface area contributed by atoms with E-state index in [1.807, 2.05) is 5.51 Å².